The van der Waals surface area contributed by atoms with E-state index in [1.54, 1.807) is 0 Å². The zero-order chi connectivity index (χ0) is 15.0. The van der Waals surface area contributed by atoms with Gasteiger partial charge in [0.15, 0.2) is 0 Å². The van der Waals surface area contributed by atoms with Gasteiger partial charge in [0.2, 0.25) is 0 Å². The Bertz CT molecular complexity index is 723. The average Bonchev–Trinajstić information content (AvgIpc) is 2.43. The second-order valence-electron chi connectivity index (χ2n) is 5.47. The van der Waals surface area contributed by atoms with E-state index in [1.165, 1.54) is 0 Å². The minimum Gasteiger partial charge on any atom is -0.483 e. The standard InChI is InChI=1S/C17H16BrNO2/c1-17(2)10-9-11-13(21-17)7-8-15(16(11)18)20-14-6-4-3-5-12(14)19/h3-10H,19H2,1-2H3. The summed E-state index contributed by atoms with van der Waals surface area (Å²) in [6.07, 6.45) is 4.07. The molecule has 3 nitrogen and oxygen atoms in total. The van der Waals surface area contributed by atoms with Gasteiger partial charge in [-0.05, 0) is 60.1 Å². The molecule has 0 spiro atoms. The largest absolute Gasteiger partial charge is 0.483 e. The number of para-hydroxylation sites is 2. The van der Waals surface area contributed by atoms with Crippen LogP contribution in [0.15, 0.2) is 46.9 Å². The molecule has 1 heterocycles. The Balaban J connectivity index is 1.98. The Morgan fingerprint density at radius 3 is 2.62 bits per heavy atom. The molecule has 2 aromatic carbocycles. The van der Waals surface area contributed by atoms with E-state index in [9.17, 15) is 0 Å². The summed E-state index contributed by atoms with van der Waals surface area (Å²) in [6.45, 7) is 4.05. The molecule has 4 heteroatoms. The minimum absolute atomic E-state index is 0.293. The van der Waals surface area contributed by atoms with Crippen LogP contribution >= 0.6 is 15.9 Å². The van der Waals surface area contributed by atoms with Crippen molar-refractivity contribution in [1.82, 2.24) is 0 Å². The van der Waals surface area contributed by atoms with E-state index in [2.05, 4.69) is 15.9 Å². The molecule has 0 amide bonds. The molecule has 0 unspecified atom stereocenters. The summed E-state index contributed by atoms with van der Waals surface area (Å²) in [4.78, 5) is 0. The van der Waals surface area contributed by atoms with Crippen LogP contribution in [0.5, 0.6) is 17.2 Å². The van der Waals surface area contributed by atoms with Gasteiger partial charge in [0.25, 0.3) is 0 Å². The van der Waals surface area contributed by atoms with Crippen molar-refractivity contribution in [3.8, 4) is 17.2 Å². The van der Waals surface area contributed by atoms with Crippen LogP contribution < -0.4 is 15.2 Å². The summed E-state index contributed by atoms with van der Waals surface area (Å²) in [5.41, 5.74) is 7.20. The second kappa shape index (κ2) is 5.11. The fraction of sp³-hybridized carbons (Fsp3) is 0.176. The maximum Gasteiger partial charge on any atom is 0.150 e. The third-order valence-electron chi connectivity index (χ3n) is 3.27. The van der Waals surface area contributed by atoms with Crippen LogP contribution in [0.2, 0.25) is 0 Å². The van der Waals surface area contributed by atoms with Gasteiger partial charge < -0.3 is 15.2 Å². The van der Waals surface area contributed by atoms with Crippen molar-refractivity contribution >= 4 is 27.7 Å². The topological polar surface area (TPSA) is 44.5 Å². The van der Waals surface area contributed by atoms with Crippen LogP contribution in [-0.2, 0) is 0 Å². The van der Waals surface area contributed by atoms with E-state index in [4.69, 9.17) is 15.2 Å². The Morgan fingerprint density at radius 2 is 1.86 bits per heavy atom. The third-order valence-corrected chi connectivity index (χ3v) is 4.09. The van der Waals surface area contributed by atoms with Gasteiger partial charge in [-0.2, -0.15) is 0 Å². The van der Waals surface area contributed by atoms with Gasteiger partial charge in [-0.15, -0.1) is 0 Å². The first kappa shape index (κ1) is 14.0. The molecular weight excluding hydrogens is 330 g/mol. The van der Waals surface area contributed by atoms with Gasteiger partial charge in [0.1, 0.15) is 22.8 Å². The quantitative estimate of drug-likeness (QED) is 0.778. The molecule has 3 rings (SSSR count). The maximum absolute atomic E-state index is 5.93. The first-order chi connectivity index (χ1) is 9.96. The Morgan fingerprint density at radius 1 is 1.10 bits per heavy atom. The fourth-order valence-corrected chi connectivity index (χ4v) is 2.71. The van der Waals surface area contributed by atoms with Crippen molar-refractivity contribution in [2.45, 2.75) is 19.4 Å². The second-order valence-corrected chi connectivity index (χ2v) is 6.26. The van der Waals surface area contributed by atoms with E-state index in [1.807, 2.05) is 62.4 Å². The number of hydrogen-bond donors (Lipinski definition) is 1. The lowest BCUT2D eigenvalue weighted by atomic mass is 10.0. The van der Waals surface area contributed by atoms with Crippen LogP contribution in [0.25, 0.3) is 6.08 Å². The maximum atomic E-state index is 5.93. The highest BCUT2D eigenvalue weighted by molar-refractivity contribution is 9.10. The number of nitrogen functional groups attached to an aromatic ring is 1. The van der Waals surface area contributed by atoms with Crippen LogP contribution in [0.4, 0.5) is 5.69 Å². The number of rotatable bonds is 2. The van der Waals surface area contributed by atoms with Gasteiger partial charge in [-0.25, -0.2) is 0 Å². The van der Waals surface area contributed by atoms with Crippen molar-refractivity contribution in [3.63, 3.8) is 0 Å². The fourth-order valence-electron chi connectivity index (χ4n) is 2.17. The molecule has 0 atom stereocenters. The Labute approximate surface area is 132 Å². The molecular formula is C17H16BrNO2. The van der Waals surface area contributed by atoms with E-state index >= 15 is 0 Å². The molecule has 108 valence electrons. The Hall–Kier alpha value is -1.94. The van der Waals surface area contributed by atoms with E-state index in [0.717, 1.165) is 15.8 Å². The molecule has 2 N–H and O–H groups in total. The normalized spacial score (nSPS) is 15.2. The molecule has 2 aromatic rings. The van der Waals surface area contributed by atoms with Crippen LogP contribution in [0.1, 0.15) is 19.4 Å². The lowest BCUT2D eigenvalue weighted by Crippen LogP contribution is -2.27. The lowest BCUT2D eigenvalue weighted by molar-refractivity contribution is 0.158. The van der Waals surface area contributed by atoms with E-state index in [0.29, 0.717) is 17.2 Å². The van der Waals surface area contributed by atoms with Crippen LogP contribution in [0, 0.1) is 0 Å². The summed E-state index contributed by atoms with van der Waals surface area (Å²) in [5.74, 6) is 2.18. The summed E-state index contributed by atoms with van der Waals surface area (Å²) < 4.78 is 12.7. The van der Waals surface area contributed by atoms with Gasteiger partial charge in [-0.3, -0.25) is 0 Å². The number of halogens is 1. The average molecular weight is 346 g/mol. The molecule has 21 heavy (non-hydrogen) atoms. The minimum atomic E-state index is -0.293. The highest BCUT2D eigenvalue weighted by atomic mass is 79.9. The molecule has 0 aliphatic carbocycles. The lowest BCUT2D eigenvalue weighted by Gasteiger charge is -2.28. The summed E-state index contributed by atoms with van der Waals surface area (Å²) in [7, 11) is 0. The van der Waals surface area contributed by atoms with Gasteiger partial charge in [0, 0.05) is 5.56 Å². The van der Waals surface area contributed by atoms with Crippen molar-refractivity contribution in [3.05, 3.63) is 52.5 Å². The molecule has 1 aliphatic heterocycles. The van der Waals surface area contributed by atoms with Crippen LogP contribution in [-0.4, -0.2) is 5.60 Å². The van der Waals surface area contributed by atoms with Gasteiger partial charge in [-0.1, -0.05) is 18.2 Å². The third kappa shape index (κ3) is 2.76. The predicted molar refractivity (Wildman–Crippen MR) is 88.8 cm³/mol. The zero-order valence-electron chi connectivity index (χ0n) is 11.9. The summed E-state index contributed by atoms with van der Waals surface area (Å²) >= 11 is 3.59. The summed E-state index contributed by atoms with van der Waals surface area (Å²) in [5, 5.41) is 0. The molecule has 0 bridgehead atoms. The SMILES string of the molecule is CC1(C)C=Cc2c(ccc(Oc3ccccc3N)c2Br)O1. The monoisotopic (exact) mass is 345 g/mol. The molecule has 0 saturated carbocycles. The number of benzene rings is 2. The summed E-state index contributed by atoms with van der Waals surface area (Å²) in [6, 6.07) is 11.2. The van der Waals surface area contributed by atoms with Gasteiger partial charge >= 0.3 is 0 Å². The smallest absolute Gasteiger partial charge is 0.150 e. The Kier molecular flexibility index (Phi) is 3.41. The number of ether oxygens (including phenoxy) is 2. The van der Waals surface area contributed by atoms with Crippen molar-refractivity contribution in [2.24, 2.45) is 0 Å². The molecule has 0 aromatic heterocycles. The molecule has 0 saturated heterocycles. The van der Waals surface area contributed by atoms with E-state index in [-0.39, 0.29) is 5.60 Å². The first-order valence-electron chi connectivity index (χ1n) is 6.69. The number of hydrogen-bond acceptors (Lipinski definition) is 3. The zero-order valence-corrected chi connectivity index (χ0v) is 13.5. The highest BCUT2D eigenvalue weighted by Gasteiger charge is 2.24. The van der Waals surface area contributed by atoms with Gasteiger partial charge in [0.05, 0.1) is 10.2 Å². The highest BCUT2D eigenvalue weighted by Crippen LogP contribution is 2.42. The van der Waals surface area contributed by atoms with Crippen molar-refractivity contribution < 1.29 is 9.47 Å². The van der Waals surface area contributed by atoms with Crippen molar-refractivity contribution in [2.75, 3.05) is 5.73 Å². The molecule has 0 fully saturated rings. The van der Waals surface area contributed by atoms with E-state index < -0.39 is 0 Å². The van der Waals surface area contributed by atoms with Crippen molar-refractivity contribution in [1.29, 1.82) is 0 Å². The number of nitrogens with two attached hydrogens (primary N) is 1. The predicted octanol–water partition coefficient (Wildman–Crippen LogP) is 5.01. The molecule has 0 radical (unpaired) electrons. The molecule has 1 aliphatic rings. The number of fused-ring (bicyclic) bond motifs is 1. The van der Waals surface area contributed by atoms with Crippen LogP contribution in [0.3, 0.4) is 0 Å². The number of anilines is 1. The first-order valence-corrected chi connectivity index (χ1v) is 7.49.